The Balaban J connectivity index is 1.78. The molecular formula is C11H19NO2. The van der Waals surface area contributed by atoms with Crippen LogP contribution in [0.25, 0.3) is 0 Å². The van der Waals surface area contributed by atoms with Crippen molar-refractivity contribution in [1.29, 1.82) is 0 Å². The van der Waals surface area contributed by atoms with Gasteiger partial charge in [0, 0.05) is 38.6 Å². The Labute approximate surface area is 85.4 Å². The fraction of sp³-hybridized carbons (Fsp3) is 0.909. The molecule has 0 amide bonds. The zero-order chi connectivity index (χ0) is 9.97. The summed E-state index contributed by atoms with van der Waals surface area (Å²) in [7, 11) is 0. The normalized spacial score (nSPS) is 35.1. The van der Waals surface area contributed by atoms with Gasteiger partial charge in [-0.3, -0.25) is 9.69 Å². The van der Waals surface area contributed by atoms with Gasteiger partial charge in [-0.25, -0.2) is 0 Å². The van der Waals surface area contributed by atoms with Crippen LogP contribution in [0.1, 0.15) is 26.2 Å². The zero-order valence-electron chi connectivity index (χ0n) is 8.87. The molecule has 0 aromatic heterocycles. The first-order chi connectivity index (χ1) is 6.75. The molecule has 0 saturated carbocycles. The smallest absolute Gasteiger partial charge is 0.138 e. The monoisotopic (exact) mass is 197 g/mol. The summed E-state index contributed by atoms with van der Waals surface area (Å²) in [5.41, 5.74) is 0. The van der Waals surface area contributed by atoms with E-state index in [2.05, 4.69) is 4.90 Å². The lowest BCUT2D eigenvalue weighted by Crippen LogP contribution is -2.43. The molecule has 2 atom stereocenters. The Morgan fingerprint density at radius 3 is 3.07 bits per heavy atom. The first kappa shape index (κ1) is 10.1. The molecule has 0 aliphatic carbocycles. The highest BCUT2D eigenvalue weighted by molar-refractivity contribution is 5.81. The largest absolute Gasteiger partial charge is 0.377 e. The molecule has 14 heavy (non-hydrogen) atoms. The predicted octanol–water partition coefficient (Wildman–Crippen LogP) is 1.08. The average Bonchev–Trinajstić information content (AvgIpc) is 2.64. The van der Waals surface area contributed by atoms with Crippen molar-refractivity contribution in [2.24, 2.45) is 5.92 Å². The van der Waals surface area contributed by atoms with Crippen molar-refractivity contribution < 1.29 is 9.53 Å². The number of carbonyl (C=O) groups is 1. The van der Waals surface area contributed by atoms with Gasteiger partial charge in [0.2, 0.25) is 0 Å². The minimum Gasteiger partial charge on any atom is -0.377 e. The molecule has 2 rings (SSSR count). The van der Waals surface area contributed by atoms with Gasteiger partial charge in [-0.2, -0.15) is 0 Å². The van der Waals surface area contributed by atoms with E-state index in [1.54, 1.807) is 0 Å². The maximum atomic E-state index is 11.3. The number of rotatable bonds is 2. The number of ketones is 1. The number of carbonyl (C=O) groups excluding carboxylic acids is 1. The third-order valence-electron chi connectivity index (χ3n) is 3.24. The van der Waals surface area contributed by atoms with E-state index < -0.39 is 0 Å². The van der Waals surface area contributed by atoms with Crippen molar-refractivity contribution in [2.75, 3.05) is 26.2 Å². The third kappa shape index (κ3) is 2.34. The Kier molecular flexibility index (Phi) is 3.19. The SMILES string of the molecule is C[C@H]1CN(C[C@@H]2CCCO2)CCC1=O. The second-order valence-electron chi connectivity index (χ2n) is 4.51. The highest BCUT2D eigenvalue weighted by Gasteiger charge is 2.26. The molecule has 3 nitrogen and oxygen atoms in total. The van der Waals surface area contributed by atoms with Gasteiger partial charge in [-0.05, 0) is 12.8 Å². The minimum absolute atomic E-state index is 0.227. The van der Waals surface area contributed by atoms with E-state index >= 15 is 0 Å². The second-order valence-corrected chi connectivity index (χ2v) is 4.51. The predicted molar refractivity (Wildman–Crippen MR) is 54.2 cm³/mol. The van der Waals surface area contributed by atoms with Gasteiger partial charge >= 0.3 is 0 Å². The Morgan fingerprint density at radius 2 is 2.43 bits per heavy atom. The van der Waals surface area contributed by atoms with Crippen molar-refractivity contribution in [1.82, 2.24) is 4.90 Å². The number of hydrogen-bond acceptors (Lipinski definition) is 3. The highest BCUT2D eigenvalue weighted by Crippen LogP contribution is 2.17. The summed E-state index contributed by atoms with van der Waals surface area (Å²) in [5, 5.41) is 0. The van der Waals surface area contributed by atoms with Gasteiger partial charge in [0.15, 0.2) is 0 Å². The van der Waals surface area contributed by atoms with Crippen LogP contribution in [0.3, 0.4) is 0 Å². The summed E-state index contributed by atoms with van der Waals surface area (Å²) in [5.74, 6) is 0.652. The van der Waals surface area contributed by atoms with Crippen LogP contribution in [0.15, 0.2) is 0 Å². The molecule has 80 valence electrons. The Morgan fingerprint density at radius 1 is 1.57 bits per heavy atom. The van der Waals surface area contributed by atoms with Crippen molar-refractivity contribution in [3.63, 3.8) is 0 Å². The van der Waals surface area contributed by atoms with E-state index in [-0.39, 0.29) is 5.92 Å². The molecule has 2 aliphatic rings. The van der Waals surface area contributed by atoms with E-state index in [0.29, 0.717) is 11.9 Å². The number of ether oxygens (including phenoxy) is 1. The number of hydrogen-bond donors (Lipinski definition) is 0. The van der Waals surface area contributed by atoms with Crippen LogP contribution in [0, 0.1) is 5.92 Å². The van der Waals surface area contributed by atoms with E-state index in [0.717, 1.165) is 32.7 Å². The van der Waals surface area contributed by atoms with Gasteiger partial charge in [0.25, 0.3) is 0 Å². The molecule has 2 fully saturated rings. The molecule has 3 heteroatoms. The molecule has 2 aliphatic heterocycles. The maximum Gasteiger partial charge on any atom is 0.138 e. The fourth-order valence-corrected chi connectivity index (χ4v) is 2.34. The van der Waals surface area contributed by atoms with E-state index in [1.165, 1.54) is 12.8 Å². The van der Waals surface area contributed by atoms with Gasteiger partial charge < -0.3 is 4.74 Å². The summed E-state index contributed by atoms with van der Waals surface area (Å²) in [6.07, 6.45) is 3.55. The topological polar surface area (TPSA) is 29.5 Å². The average molecular weight is 197 g/mol. The Hall–Kier alpha value is -0.410. The van der Waals surface area contributed by atoms with Crippen LogP contribution in [0.4, 0.5) is 0 Å². The van der Waals surface area contributed by atoms with Crippen LogP contribution < -0.4 is 0 Å². The van der Waals surface area contributed by atoms with Crippen molar-refractivity contribution in [3.05, 3.63) is 0 Å². The lowest BCUT2D eigenvalue weighted by Gasteiger charge is -2.31. The molecule has 0 spiro atoms. The van der Waals surface area contributed by atoms with Crippen LogP contribution in [0.5, 0.6) is 0 Å². The van der Waals surface area contributed by atoms with Gasteiger partial charge in [-0.1, -0.05) is 6.92 Å². The third-order valence-corrected chi connectivity index (χ3v) is 3.24. The van der Waals surface area contributed by atoms with Crippen molar-refractivity contribution in [3.8, 4) is 0 Å². The number of nitrogens with zero attached hydrogens (tertiary/aromatic N) is 1. The molecule has 2 heterocycles. The molecule has 0 radical (unpaired) electrons. The molecule has 0 aromatic rings. The lowest BCUT2D eigenvalue weighted by molar-refractivity contribution is -0.126. The highest BCUT2D eigenvalue weighted by atomic mass is 16.5. The summed E-state index contributed by atoms with van der Waals surface area (Å²) < 4.78 is 5.59. The number of likely N-dealkylation sites (tertiary alicyclic amines) is 1. The van der Waals surface area contributed by atoms with Crippen molar-refractivity contribution in [2.45, 2.75) is 32.3 Å². The maximum absolute atomic E-state index is 11.3. The molecule has 0 aromatic carbocycles. The fourth-order valence-electron chi connectivity index (χ4n) is 2.34. The first-order valence-electron chi connectivity index (χ1n) is 5.62. The lowest BCUT2D eigenvalue weighted by atomic mass is 9.98. The molecular weight excluding hydrogens is 178 g/mol. The second kappa shape index (κ2) is 4.41. The van der Waals surface area contributed by atoms with Gasteiger partial charge in [0.05, 0.1) is 6.10 Å². The van der Waals surface area contributed by atoms with Crippen LogP contribution in [-0.2, 0) is 9.53 Å². The molecule has 0 unspecified atom stereocenters. The number of Topliss-reactive ketones (excluding diaryl/α,β-unsaturated/α-hetero) is 1. The van der Waals surface area contributed by atoms with E-state index in [1.807, 2.05) is 6.92 Å². The standard InChI is InChI=1S/C11H19NO2/c1-9-7-12(5-4-11(9)13)8-10-3-2-6-14-10/h9-10H,2-8H2,1H3/t9-,10-/m0/s1. The molecule has 0 bridgehead atoms. The minimum atomic E-state index is 0.227. The van der Waals surface area contributed by atoms with Crippen LogP contribution in [0.2, 0.25) is 0 Å². The van der Waals surface area contributed by atoms with Gasteiger partial charge in [0.1, 0.15) is 5.78 Å². The zero-order valence-corrected chi connectivity index (χ0v) is 8.87. The summed E-state index contributed by atoms with van der Waals surface area (Å²) >= 11 is 0. The molecule has 2 saturated heterocycles. The van der Waals surface area contributed by atoms with Gasteiger partial charge in [-0.15, -0.1) is 0 Å². The summed E-state index contributed by atoms with van der Waals surface area (Å²) in [6.45, 7) is 5.84. The van der Waals surface area contributed by atoms with Crippen LogP contribution in [-0.4, -0.2) is 43.0 Å². The van der Waals surface area contributed by atoms with Crippen LogP contribution >= 0.6 is 0 Å². The summed E-state index contributed by atoms with van der Waals surface area (Å²) in [4.78, 5) is 13.7. The van der Waals surface area contributed by atoms with E-state index in [9.17, 15) is 4.79 Å². The van der Waals surface area contributed by atoms with E-state index in [4.69, 9.17) is 4.74 Å². The molecule has 0 N–H and O–H groups in total. The summed E-state index contributed by atoms with van der Waals surface area (Å²) in [6, 6.07) is 0. The first-order valence-corrected chi connectivity index (χ1v) is 5.62. The van der Waals surface area contributed by atoms with Crippen molar-refractivity contribution >= 4 is 5.78 Å². The quantitative estimate of drug-likeness (QED) is 0.663. The Bertz CT molecular complexity index is 211. The number of piperidine rings is 1.